The number of urea groups is 1. The summed E-state index contributed by atoms with van der Waals surface area (Å²) in [6.07, 6.45) is -0.682. The topological polar surface area (TPSA) is 261 Å². The van der Waals surface area contributed by atoms with Crippen LogP contribution in [0.5, 0.6) is 5.75 Å². The number of nitriles is 1. The number of hydrogen-bond acceptors (Lipinski definition) is 12. The summed E-state index contributed by atoms with van der Waals surface area (Å²) in [6.45, 7) is -0.199. The van der Waals surface area contributed by atoms with E-state index in [2.05, 4.69) is 10.6 Å². The van der Waals surface area contributed by atoms with Gasteiger partial charge in [-0.2, -0.15) is 5.26 Å². The number of phenols is 1. The van der Waals surface area contributed by atoms with Crippen molar-refractivity contribution >= 4 is 40.6 Å². The van der Waals surface area contributed by atoms with Crippen molar-refractivity contribution in [3.8, 4) is 11.8 Å². The lowest BCUT2D eigenvalue weighted by Gasteiger charge is -2.58. The van der Waals surface area contributed by atoms with Gasteiger partial charge >= 0.3 is 6.03 Å². The Morgan fingerprint density at radius 1 is 1.09 bits per heavy atom. The van der Waals surface area contributed by atoms with Crippen molar-refractivity contribution in [1.29, 1.82) is 5.26 Å². The van der Waals surface area contributed by atoms with Crippen LogP contribution in [0.25, 0.3) is 5.76 Å². The molecule has 47 heavy (non-hydrogen) atoms. The van der Waals surface area contributed by atoms with Crippen LogP contribution in [-0.2, 0) is 27.3 Å². The van der Waals surface area contributed by atoms with E-state index < -0.39 is 80.9 Å². The molecule has 0 saturated heterocycles. The minimum absolute atomic E-state index is 0.173. The Bertz CT molecular complexity index is 1850. The Kier molecular flexibility index (Phi) is 7.80. The number of carbonyl (C=O) groups excluding carboxylic acids is 4. The van der Waals surface area contributed by atoms with Crippen molar-refractivity contribution in [2.75, 3.05) is 38.4 Å². The number of para-hydroxylation sites is 1. The third-order valence-corrected chi connectivity index (χ3v) is 9.26. The monoisotopic (exact) mass is 644 g/mol. The first-order valence-electron chi connectivity index (χ1n) is 14.5. The quantitative estimate of drug-likeness (QED) is 0.197. The molecule has 5 rings (SSSR count). The summed E-state index contributed by atoms with van der Waals surface area (Å²) >= 11 is 0. The molecule has 0 bridgehead atoms. The number of nitrogens with one attached hydrogen (secondary N) is 2. The van der Waals surface area contributed by atoms with Crippen LogP contribution in [0.3, 0.4) is 0 Å². The van der Waals surface area contributed by atoms with Crippen LogP contribution in [0.1, 0.15) is 23.1 Å². The molecule has 0 aliphatic heterocycles. The van der Waals surface area contributed by atoms with Gasteiger partial charge in [0.25, 0.3) is 5.91 Å². The number of fused-ring (bicyclic) bond motifs is 3. The lowest BCUT2D eigenvalue weighted by atomic mass is 9.47. The van der Waals surface area contributed by atoms with Gasteiger partial charge in [0, 0.05) is 37.6 Å². The summed E-state index contributed by atoms with van der Waals surface area (Å²) in [5.41, 5.74) is 12.3. The van der Waals surface area contributed by atoms with Crippen molar-refractivity contribution in [3.63, 3.8) is 0 Å². The van der Waals surface area contributed by atoms with Gasteiger partial charge in [0.05, 0.1) is 34.3 Å². The number of carbonyl (C=O) groups is 4. The van der Waals surface area contributed by atoms with Crippen molar-refractivity contribution < 1.29 is 34.5 Å². The maximum absolute atomic E-state index is 14.6. The molecule has 0 aromatic heterocycles. The largest absolute Gasteiger partial charge is 0.509 e. The van der Waals surface area contributed by atoms with E-state index in [4.69, 9.17) is 17.2 Å². The summed E-state index contributed by atoms with van der Waals surface area (Å²) in [4.78, 5) is 56.2. The molecule has 1 fully saturated rings. The average Bonchev–Trinajstić information content (AvgIpc) is 2.96. The number of nitrogens with zero attached hydrogens (tertiary/aromatic N) is 3. The van der Waals surface area contributed by atoms with Gasteiger partial charge in [-0.3, -0.25) is 19.3 Å². The van der Waals surface area contributed by atoms with Crippen LogP contribution < -0.4 is 32.7 Å². The number of aliphatic hydroxyl groups excluding tert-OH is 2. The fourth-order valence-electron chi connectivity index (χ4n) is 7.34. The van der Waals surface area contributed by atoms with E-state index in [0.717, 1.165) is 0 Å². The number of hydrogen-bond donors (Lipinski definition) is 8. The van der Waals surface area contributed by atoms with Crippen LogP contribution in [0.4, 0.5) is 16.2 Å². The molecule has 3 aliphatic rings. The molecular formula is C32H36N8O7. The second-order valence-electron chi connectivity index (χ2n) is 12.6. The molecule has 0 unspecified atom stereocenters. The zero-order valence-electron chi connectivity index (χ0n) is 26.2. The number of nitrogens with two attached hydrogens (primary N) is 3. The molecule has 15 nitrogen and oxygen atoms in total. The summed E-state index contributed by atoms with van der Waals surface area (Å²) < 4.78 is 0. The fourth-order valence-corrected chi connectivity index (χ4v) is 7.34. The Balaban J connectivity index is 1.70. The van der Waals surface area contributed by atoms with E-state index in [1.807, 2.05) is 0 Å². The molecule has 4 atom stereocenters. The van der Waals surface area contributed by atoms with Crippen molar-refractivity contribution in [1.82, 2.24) is 10.2 Å². The highest BCUT2D eigenvalue weighted by Gasteiger charge is 2.74. The molecule has 11 N–H and O–H groups in total. The van der Waals surface area contributed by atoms with Gasteiger partial charge in [0.15, 0.2) is 17.0 Å². The van der Waals surface area contributed by atoms with E-state index in [-0.39, 0.29) is 24.1 Å². The van der Waals surface area contributed by atoms with Gasteiger partial charge in [0.2, 0.25) is 0 Å². The maximum atomic E-state index is 14.6. The average molecular weight is 645 g/mol. The van der Waals surface area contributed by atoms with Gasteiger partial charge in [-0.15, -0.1) is 0 Å². The third kappa shape index (κ3) is 4.60. The van der Waals surface area contributed by atoms with Crippen LogP contribution in [0.2, 0.25) is 0 Å². The molecular weight excluding hydrogens is 608 g/mol. The maximum Gasteiger partial charge on any atom is 0.319 e. The number of aromatic hydroxyl groups is 1. The summed E-state index contributed by atoms with van der Waals surface area (Å²) in [6, 6.07) is 9.94. The number of benzene rings is 2. The number of phenolic OH excluding ortho intramolecular Hbond substituents is 1. The molecule has 1 saturated carbocycles. The predicted molar refractivity (Wildman–Crippen MR) is 171 cm³/mol. The van der Waals surface area contributed by atoms with Gasteiger partial charge in [-0.1, -0.05) is 18.2 Å². The molecule has 0 radical (unpaired) electrons. The summed E-state index contributed by atoms with van der Waals surface area (Å²) in [5, 5.41) is 50.6. The zero-order valence-corrected chi connectivity index (χ0v) is 26.2. The van der Waals surface area contributed by atoms with Crippen LogP contribution in [-0.4, -0.2) is 89.0 Å². The lowest BCUT2D eigenvalue weighted by molar-refractivity contribution is -0.139. The van der Waals surface area contributed by atoms with E-state index in [0.29, 0.717) is 16.9 Å². The van der Waals surface area contributed by atoms with Crippen molar-refractivity contribution in [2.24, 2.45) is 22.6 Å². The van der Waals surface area contributed by atoms with Gasteiger partial charge in [0.1, 0.15) is 22.8 Å². The van der Waals surface area contributed by atoms with Crippen molar-refractivity contribution in [2.45, 2.75) is 36.5 Å². The Hall–Kier alpha value is -5.43. The van der Waals surface area contributed by atoms with E-state index in [1.54, 1.807) is 61.5 Å². The van der Waals surface area contributed by atoms with Crippen LogP contribution in [0.15, 0.2) is 53.3 Å². The molecule has 3 aliphatic carbocycles. The van der Waals surface area contributed by atoms with E-state index >= 15 is 0 Å². The molecule has 15 heteroatoms. The summed E-state index contributed by atoms with van der Waals surface area (Å²) in [7, 11) is 6.31. The number of likely N-dealkylation sites (N-methyl/N-ethyl adjacent to an activating group) is 1. The second-order valence-corrected chi connectivity index (χ2v) is 12.6. The number of amides is 3. The Labute approximate surface area is 269 Å². The van der Waals surface area contributed by atoms with Gasteiger partial charge in [-0.25, -0.2) is 4.79 Å². The number of Topliss-reactive ketones (excluding diaryl/α,β-unsaturated/α-hetero) is 2. The normalized spacial score (nSPS) is 26.6. The predicted octanol–water partition coefficient (Wildman–Crippen LogP) is 0.293. The second kappa shape index (κ2) is 11.1. The number of aliphatic hydroxyl groups is 2. The first-order valence-corrected chi connectivity index (χ1v) is 14.5. The third-order valence-electron chi connectivity index (χ3n) is 9.26. The Morgan fingerprint density at radius 3 is 2.28 bits per heavy atom. The minimum atomic E-state index is -2.77. The number of rotatable bonds is 6. The number of ketones is 2. The minimum Gasteiger partial charge on any atom is -0.509 e. The molecule has 3 amide bonds. The highest BCUT2D eigenvalue weighted by Crippen LogP contribution is 2.59. The fraction of sp³-hybridized carbons (Fsp3) is 0.344. The first-order chi connectivity index (χ1) is 22.0. The Morgan fingerprint density at radius 2 is 1.72 bits per heavy atom. The smallest absolute Gasteiger partial charge is 0.319 e. The first kappa shape index (κ1) is 32.9. The van der Waals surface area contributed by atoms with Crippen molar-refractivity contribution in [3.05, 3.63) is 70.0 Å². The molecule has 2 aromatic carbocycles. The summed E-state index contributed by atoms with van der Waals surface area (Å²) in [5.74, 6) is -6.08. The molecule has 2 aromatic rings. The number of primary amides is 1. The van der Waals surface area contributed by atoms with Crippen LogP contribution in [0, 0.1) is 16.7 Å². The molecule has 246 valence electrons. The molecule has 0 spiro atoms. The van der Waals surface area contributed by atoms with Gasteiger partial charge in [-0.05, 0) is 50.7 Å². The SMILES string of the molecule is CN(C)c1cc(CNC(=O)Nc2ccccc2)c(O)c2c1C[C@@]1(N)C[C@@]3(N)[C@H](N(C)C)C(=O)C(C(N)=O)=C(O)[C@@]3(C#N)C(=O)C1=C2O. The highest BCUT2D eigenvalue weighted by atomic mass is 16.3. The van der Waals surface area contributed by atoms with Crippen LogP contribution >= 0.6 is 0 Å². The van der Waals surface area contributed by atoms with Gasteiger partial charge < -0.3 is 48.1 Å². The highest BCUT2D eigenvalue weighted by molar-refractivity contribution is 6.25. The lowest BCUT2D eigenvalue weighted by Crippen LogP contribution is -2.80. The van der Waals surface area contributed by atoms with E-state index in [1.165, 1.54) is 19.0 Å². The zero-order chi connectivity index (χ0) is 34.8. The molecule has 0 heterocycles. The van der Waals surface area contributed by atoms with E-state index in [9.17, 15) is 39.8 Å². The standard InChI is InChI=1S/C32H36N8O7/c1-39(2)18-10-15(12-37-29(47)38-16-8-6-5-7-9-16)22(41)19-17(18)11-30(35)13-32(36)25(40(3)4)24(43)20(28(34)46)26(44)31(32,14-33)27(45)21(30)23(19)42/h5-10,25,41-42,44H,11-13,35-36H2,1-4H3,(H2,34,46)(H2,37,38,47)/t25-,30-,31+,32-/m1/s1. The number of anilines is 2.